The summed E-state index contributed by atoms with van der Waals surface area (Å²) >= 11 is 7.50. The Morgan fingerprint density at radius 3 is 2.87 bits per heavy atom. The number of hydrogen-bond acceptors (Lipinski definition) is 2. The van der Waals surface area contributed by atoms with E-state index in [4.69, 9.17) is 11.6 Å². The van der Waals surface area contributed by atoms with Crippen LogP contribution in [-0.2, 0) is 11.2 Å². The molecule has 0 aromatic carbocycles. The number of hydrogen-bond donors (Lipinski definition) is 1. The van der Waals surface area contributed by atoms with Crippen molar-refractivity contribution in [3.05, 3.63) is 21.3 Å². The van der Waals surface area contributed by atoms with Crippen LogP contribution in [0, 0.1) is 0 Å². The molecule has 1 fully saturated rings. The van der Waals surface area contributed by atoms with Crippen LogP contribution in [0.5, 0.6) is 0 Å². The van der Waals surface area contributed by atoms with Gasteiger partial charge in [-0.15, -0.1) is 11.3 Å². The quantitative estimate of drug-likeness (QED) is 0.869. The van der Waals surface area contributed by atoms with Gasteiger partial charge in [-0.25, -0.2) is 0 Å². The van der Waals surface area contributed by atoms with Crippen LogP contribution in [0.3, 0.4) is 0 Å². The van der Waals surface area contributed by atoms with Gasteiger partial charge in [-0.1, -0.05) is 18.5 Å². The van der Waals surface area contributed by atoms with Crippen LogP contribution in [0.4, 0.5) is 0 Å². The van der Waals surface area contributed by atoms with E-state index in [2.05, 4.69) is 18.3 Å². The maximum atomic E-state index is 11.3. The molecule has 0 spiro atoms. The van der Waals surface area contributed by atoms with Crippen molar-refractivity contribution < 1.29 is 4.79 Å². The van der Waals surface area contributed by atoms with Crippen molar-refractivity contribution in [3.8, 4) is 0 Å². The number of rotatable bonds is 3. The molecule has 82 valence electrons. The Kier molecular flexibility index (Phi) is 3.03. The van der Waals surface area contributed by atoms with Gasteiger partial charge >= 0.3 is 0 Å². The predicted octanol–water partition coefficient (Wildman–Crippen LogP) is 3.00. The second kappa shape index (κ2) is 4.14. The highest BCUT2D eigenvalue weighted by atomic mass is 35.5. The van der Waals surface area contributed by atoms with Crippen LogP contribution in [0.25, 0.3) is 0 Å². The monoisotopic (exact) mass is 243 g/mol. The molecule has 0 saturated carbocycles. The fourth-order valence-electron chi connectivity index (χ4n) is 2.08. The summed E-state index contributed by atoms with van der Waals surface area (Å²) in [5, 5.41) is 3.10. The number of carbonyl (C=O) groups is 1. The van der Waals surface area contributed by atoms with Gasteiger partial charge in [-0.3, -0.25) is 4.79 Å². The van der Waals surface area contributed by atoms with Crippen molar-refractivity contribution in [2.45, 2.75) is 38.1 Å². The second-order valence-electron chi connectivity index (χ2n) is 4.06. The van der Waals surface area contributed by atoms with Gasteiger partial charge in [0.05, 0.1) is 4.34 Å². The minimum Gasteiger partial charge on any atom is -0.350 e. The Bertz CT molecular complexity index is 376. The molecule has 0 bridgehead atoms. The number of halogens is 1. The molecular weight excluding hydrogens is 230 g/mol. The lowest BCUT2D eigenvalue weighted by Gasteiger charge is -2.27. The highest BCUT2D eigenvalue weighted by Crippen LogP contribution is 2.31. The van der Waals surface area contributed by atoms with Gasteiger partial charge in [0.15, 0.2) is 0 Å². The third-order valence-electron chi connectivity index (χ3n) is 3.05. The van der Waals surface area contributed by atoms with E-state index in [9.17, 15) is 4.79 Å². The molecule has 1 aromatic rings. The topological polar surface area (TPSA) is 29.1 Å². The molecular formula is C11H14ClNOS. The largest absolute Gasteiger partial charge is 0.350 e. The lowest BCUT2D eigenvalue weighted by molar-refractivity contribution is -0.119. The van der Waals surface area contributed by atoms with E-state index < -0.39 is 0 Å². The molecule has 4 heteroatoms. The molecule has 0 aliphatic carbocycles. The van der Waals surface area contributed by atoms with Gasteiger partial charge in [0.2, 0.25) is 5.91 Å². The molecule has 1 aliphatic rings. The van der Waals surface area contributed by atoms with Crippen molar-refractivity contribution in [3.63, 3.8) is 0 Å². The molecule has 1 atom stereocenters. The standard InChI is InChI=1S/C11H14ClNOS/c1-2-11(6-5-10(14)13-11)7-8-3-4-9(12)15-8/h3-4H,2,5-7H2,1H3,(H,13,14). The summed E-state index contributed by atoms with van der Waals surface area (Å²) in [5.74, 6) is 0.180. The van der Waals surface area contributed by atoms with Gasteiger partial charge in [-0.05, 0) is 25.0 Å². The molecule has 15 heavy (non-hydrogen) atoms. The summed E-state index contributed by atoms with van der Waals surface area (Å²) in [5.41, 5.74) is -0.0226. The minimum atomic E-state index is -0.0226. The van der Waals surface area contributed by atoms with Gasteiger partial charge < -0.3 is 5.32 Å². The average Bonchev–Trinajstić information content (AvgIpc) is 2.75. The highest BCUT2D eigenvalue weighted by molar-refractivity contribution is 7.16. The van der Waals surface area contributed by atoms with Crippen LogP contribution >= 0.6 is 22.9 Å². The molecule has 0 radical (unpaired) electrons. The van der Waals surface area contributed by atoms with E-state index in [1.165, 1.54) is 4.88 Å². The fraction of sp³-hybridized carbons (Fsp3) is 0.545. The van der Waals surface area contributed by atoms with E-state index in [1.54, 1.807) is 11.3 Å². The van der Waals surface area contributed by atoms with Crippen molar-refractivity contribution in [1.29, 1.82) is 0 Å². The molecule has 2 nitrogen and oxygen atoms in total. The Morgan fingerprint density at radius 2 is 2.40 bits per heavy atom. The fourth-order valence-corrected chi connectivity index (χ4v) is 3.31. The van der Waals surface area contributed by atoms with E-state index in [0.29, 0.717) is 6.42 Å². The smallest absolute Gasteiger partial charge is 0.220 e. The number of carbonyl (C=O) groups excluding carboxylic acids is 1. The summed E-state index contributed by atoms with van der Waals surface area (Å²) in [7, 11) is 0. The van der Waals surface area contributed by atoms with E-state index in [-0.39, 0.29) is 11.4 Å². The molecule has 1 amide bonds. The zero-order valence-corrected chi connectivity index (χ0v) is 10.3. The van der Waals surface area contributed by atoms with E-state index in [0.717, 1.165) is 23.6 Å². The zero-order chi connectivity index (χ0) is 10.9. The Morgan fingerprint density at radius 1 is 1.60 bits per heavy atom. The molecule has 2 heterocycles. The maximum absolute atomic E-state index is 11.3. The molecule has 1 aliphatic heterocycles. The van der Waals surface area contributed by atoms with Crippen molar-refractivity contribution in [1.82, 2.24) is 5.32 Å². The van der Waals surface area contributed by atoms with Crippen molar-refractivity contribution in [2.75, 3.05) is 0 Å². The lowest BCUT2D eigenvalue weighted by atomic mass is 9.90. The van der Waals surface area contributed by atoms with Crippen molar-refractivity contribution in [2.24, 2.45) is 0 Å². The zero-order valence-electron chi connectivity index (χ0n) is 8.68. The summed E-state index contributed by atoms with van der Waals surface area (Å²) in [4.78, 5) is 12.5. The molecule has 1 saturated heterocycles. The summed E-state index contributed by atoms with van der Waals surface area (Å²) in [6.45, 7) is 2.13. The summed E-state index contributed by atoms with van der Waals surface area (Å²) < 4.78 is 0.820. The number of nitrogens with one attached hydrogen (secondary N) is 1. The number of amides is 1. The molecule has 2 rings (SSSR count). The summed E-state index contributed by atoms with van der Waals surface area (Å²) in [6.07, 6.45) is 3.49. The van der Waals surface area contributed by atoms with E-state index >= 15 is 0 Å². The first-order valence-electron chi connectivity index (χ1n) is 5.19. The Balaban J connectivity index is 2.11. The van der Waals surface area contributed by atoms with Crippen molar-refractivity contribution >= 4 is 28.8 Å². The first-order chi connectivity index (χ1) is 7.13. The third-order valence-corrected chi connectivity index (χ3v) is 4.28. The minimum absolute atomic E-state index is 0.0226. The highest BCUT2D eigenvalue weighted by Gasteiger charge is 2.36. The lowest BCUT2D eigenvalue weighted by Crippen LogP contribution is -2.42. The van der Waals surface area contributed by atoms with Crippen LogP contribution in [0.15, 0.2) is 12.1 Å². The van der Waals surface area contributed by atoms with Crippen LogP contribution in [0.1, 0.15) is 31.1 Å². The van der Waals surface area contributed by atoms with Gasteiger partial charge in [-0.2, -0.15) is 0 Å². The van der Waals surface area contributed by atoms with Gasteiger partial charge in [0.25, 0.3) is 0 Å². The summed E-state index contributed by atoms with van der Waals surface area (Å²) in [6, 6.07) is 3.97. The SMILES string of the molecule is CCC1(Cc2ccc(Cl)s2)CCC(=O)N1. The molecule has 1 aromatic heterocycles. The third kappa shape index (κ3) is 2.34. The van der Waals surface area contributed by atoms with Crippen LogP contribution in [-0.4, -0.2) is 11.4 Å². The van der Waals surface area contributed by atoms with Gasteiger partial charge in [0, 0.05) is 23.3 Å². The van der Waals surface area contributed by atoms with E-state index in [1.807, 2.05) is 6.07 Å². The van der Waals surface area contributed by atoms with Crippen LogP contribution < -0.4 is 5.32 Å². The maximum Gasteiger partial charge on any atom is 0.220 e. The predicted molar refractivity (Wildman–Crippen MR) is 63.4 cm³/mol. The average molecular weight is 244 g/mol. The molecule has 1 N–H and O–H groups in total. The normalized spacial score (nSPS) is 25.6. The first-order valence-corrected chi connectivity index (χ1v) is 6.38. The van der Waals surface area contributed by atoms with Crippen LogP contribution in [0.2, 0.25) is 4.34 Å². The molecule has 1 unspecified atom stereocenters. The second-order valence-corrected chi connectivity index (χ2v) is 5.86. The number of thiophene rings is 1. The Labute approximate surface area is 98.6 Å². The Hall–Kier alpha value is -0.540. The first kappa shape index (κ1) is 11.0. The van der Waals surface area contributed by atoms with Gasteiger partial charge in [0.1, 0.15) is 0 Å².